The van der Waals surface area contributed by atoms with Crippen LogP contribution in [0.5, 0.6) is 0 Å². The quantitative estimate of drug-likeness (QED) is 0.395. The lowest BCUT2D eigenvalue weighted by Crippen LogP contribution is -2.01. The highest BCUT2D eigenvalue weighted by Crippen LogP contribution is 2.22. The Morgan fingerprint density at radius 2 is 2.04 bits per heavy atom. The number of aromatic nitrogens is 3. The minimum atomic E-state index is -0.266. The first-order valence-corrected chi connectivity index (χ1v) is 7.86. The number of H-pyrrole nitrogens is 2. The normalized spacial score (nSPS) is 11.7. The van der Waals surface area contributed by atoms with Crippen molar-refractivity contribution in [3.05, 3.63) is 58.0 Å². The number of thiazole rings is 1. The fourth-order valence-corrected chi connectivity index (χ4v) is 3.22. The molecule has 2 aromatic carbocycles. The Labute approximate surface area is 139 Å². The topological polar surface area (TPSA) is 110 Å². The Hall–Kier alpha value is -3.44. The second kappa shape index (κ2) is 5.64. The SMILES string of the molecule is N#C/C(=N\Nc1ccc2[nH]c(=O)[nH]c2c1)c1nc2ccccc2s1. The largest absolute Gasteiger partial charge is 0.323 e. The lowest BCUT2D eigenvalue weighted by molar-refractivity contribution is 1.21. The van der Waals surface area contributed by atoms with Gasteiger partial charge in [-0.1, -0.05) is 12.1 Å². The van der Waals surface area contributed by atoms with Gasteiger partial charge in [-0.3, -0.25) is 5.43 Å². The molecule has 0 radical (unpaired) electrons. The van der Waals surface area contributed by atoms with Gasteiger partial charge in [0.25, 0.3) is 0 Å². The van der Waals surface area contributed by atoms with E-state index in [2.05, 4.69) is 31.5 Å². The summed E-state index contributed by atoms with van der Waals surface area (Å²) < 4.78 is 1.00. The summed E-state index contributed by atoms with van der Waals surface area (Å²) in [7, 11) is 0. The Morgan fingerprint density at radius 1 is 1.21 bits per heavy atom. The standard InChI is InChI=1S/C16H10N6OS/c17-8-13(15-18-11-3-1-2-4-14(11)24-15)22-21-9-5-6-10-12(7-9)20-16(23)19-10/h1-7,21H,(H2,19,20,23)/b22-13+. The highest BCUT2D eigenvalue weighted by molar-refractivity contribution is 7.20. The van der Waals surface area contributed by atoms with E-state index in [0.717, 1.165) is 10.2 Å². The summed E-state index contributed by atoms with van der Waals surface area (Å²) in [5.41, 5.74) is 5.65. The third-order valence-corrected chi connectivity index (χ3v) is 4.46. The van der Waals surface area contributed by atoms with E-state index in [-0.39, 0.29) is 11.4 Å². The summed E-state index contributed by atoms with van der Waals surface area (Å²) in [6.45, 7) is 0. The monoisotopic (exact) mass is 334 g/mol. The summed E-state index contributed by atoms with van der Waals surface area (Å²) in [4.78, 5) is 21.0. The van der Waals surface area contributed by atoms with Gasteiger partial charge in [-0.25, -0.2) is 9.78 Å². The number of hydrazone groups is 1. The van der Waals surface area contributed by atoms with Crippen molar-refractivity contribution in [1.29, 1.82) is 5.26 Å². The molecule has 0 aliphatic rings. The molecule has 0 saturated carbocycles. The number of fused-ring (bicyclic) bond motifs is 2. The van der Waals surface area contributed by atoms with Crippen LogP contribution in [0.15, 0.2) is 52.4 Å². The first-order valence-electron chi connectivity index (χ1n) is 7.05. The second-order valence-corrected chi connectivity index (χ2v) is 6.04. The van der Waals surface area contributed by atoms with Crippen LogP contribution in [0.4, 0.5) is 5.69 Å². The van der Waals surface area contributed by atoms with Gasteiger partial charge in [0.05, 0.1) is 26.9 Å². The summed E-state index contributed by atoms with van der Waals surface area (Å²) >= 11 is 1.41. The molecule has 2 heterocycles. The molecule has 0 spiro atoms. The van der Waals surface area contributed by atoms with Gasteiger partial charge in [-0.15, -0.1) is 11.3 Å². The maximum Gasteiger partial charge on any atom is 0.323 e. The Morgan fingerprint density at radius 3 is 2.88 bits per heavy atom. The van der Waals surface area contributed by atoms with Crippen molar-refractivity contribution in [3.8, 4) is 6.07 Å². The number of imidazole rings is 1. The minimum Gasteiger partial charge on any atom is -0.306 e. The fourth-order valence-electron chi connectivity index (χ4n) is 2.32. The van der Waals surface area contributed by atoms with Crippen LogP contribution in [-0.2, 0) is 0 Å². The molecular weight excluding hydrogens is 324 g/mol. The van der Waals surface area contributed by atoms with Gasteiger partial charge in [0.15, 0.2) is 10.7 Å². The number of hydrogen-bond acceptors (Lipinski definition) is 6. The van der Waals surface area contributed by atoms with Crippen LogP contribution in [0.2, 0.25) is 0 Å². The van der Waals surface area contributed by atoms with Crippen molar-refractivity contribution in [2.45, 2.75) is 0 Å². The van der Waals surface area contributed by atoms with E-state index in [1.54, 1.807) is 18.2 Å². The first kappa shape index (κ1) is 14.2. The first-order chi connectivity index (χ1) is 11.7. The van der Waals surface area contributed by atoms with E-state index < -0.39 is 0 Å². The highest BCUT2D eigenvalue weighted by Gasteiger charge is 2.10. The number of para-hydroxylation sites is 1. The molecule has 0 aliphatic heterocycles. The molecular formula is C16H10N6OS. The zero-order valence-electron chi connectivity index (χ0n) is 12.2. The molecule has 0 amide bonds. The fraction of sp³-hybridized carbons (Fsp3) is 0. The minimum absolute atomic E-state index is 0.207. The predicted octanol–water partition coefficient (Wildman–Crippen LogP) is 2.81. The van der Waals surface area contributed by atoms with Crippen molar-refractivity contribution in [2.75, 3.05) is 5.43 Å². The zero-order valence-corrected chi connectivity index (χ0v) is 13.0. The van der Waals surface area contributed by atoms with Crippen molar-refractivity contribution >= 4 is 44.0 Å². The number of nitrogens with one attached hydrogen (secondary N) is 3. The molecule has 4 rings (SSSR count). The average molecular weight is 334 g/mol. The van der Waals surface area contributed by atoms with Crippen LogP contribution < -0.4 is 11.1 Å². The molecule has 8 heteroatoms. The average Bonchev–Trinajstić information content (AvgIpc) is 3.17. The van der Waals surface area contributed by atoms with Crippen molar-refractivity contribution < 1.29 is 0 Å². The van der Waals surface area contributed by atoms with Crippen LogP contribution in [0, 0.1) is 11.3 Å². The number of rotatable bonds is 3. The number of nitrogens with zero attached hydrogens (tertiary/aromatic N) is 3. The molecule has 0 saturated heterocycles. The molecule has 0 unspecified atom stereocenters. The maximum absolute atomic E-state index is 11.3. The summed E-state index contributed by atoms with van der Waals surface area (Å²) in [5, 5.41) is 14.1. The third kappa shape index (κ3) is 2.53. The van der Waals surface area contributed by atoms with E-state index in [0.29, 0.717) is 21.7 Å². The maximum atomic E-state index is 11.3. The number of hydrogen-bond donors (Lipinski definition) is 3. The van der Waals surface area contributed by atoms with Crippen molar-refractivity contribution in [3.63, 3.8) is 0 Å². The Bertz CT molecular complexity index is 1140. The van der Waals surface area contributed by atoms with Gasteiger partial charge < -0.3 is 9.97 Å². The van der Waals surface area contributed by atoms with Gasteiger partial charge >= 0.3 is 5.69 Å². The van der Waals surface area contributed by atoms with E-state index in [9.17, 15) is 10.1 Å². The van der Waals surface area contributed by atoms with Gasteiger partial charge in [0, 0.05) is 0 Å². The lowest BCUT2D eigenvalue weighted by atomic mass is 10.3. The van der Waals surface area contributed by atoms with Crippen molar-refractivity contribution in [1.82, 2.24) is 15.0 Å². The Kier molecular flexibility index (Phi) is 3.33. The number of anilines is 1. The van der Waals surface area contributed by atoms with E-state index in [1.165, 1.54) is 11.3 Å². The van der Waals surface area contributed by atoms with Crippen LogP contribution in [0.25, 0.3) is 21.3 Å². The smallest absolute Gasteiger partial charge is 0.306 e. The van der Waals surface area contributed by atoms with Crippen LogP contribution in [0.1, 0.15) is 5.01 Å². The van der Waals surface area contributed by atoms with Gasteiger partial charge in [-0.2, -0.15) is 10.4 Å². The molecule has 4 aromatic rings. The second-order valence-electron chi connectivity index (χ2n) is 5.01. The third-order valence-electron chi connectivity index (χ3n) is 3.42. The lowest BCUT2D eigenvalue weighted by Gasteiger charge is -2.00. The number of benzene rings is 2. The van der Waals surface area contributed by atoms with Crippen LogP contribution in [-0.4, -0.2) is 20.7 Å². The summed E-state index contributed by atoms with van der Waals surface area (Å²) in [6.07, 6.45) is 0. The molecule has 116 valence electrons. The molecule has 0 aliphatic carbocycles. The summed E-state index contributed by atoms with van der Waals surface area (Å²) in [6, 6.07) is 15.0. The van der Waals surface area contributed by atoms with Crippen LogP contribution in [0.3, 0.4) is 0 Å². The molecule has 0 bridgehead atoms. The van der Waals surface area contributed by atoms with Crippen LogP contribution >= 0.6 is 11.3 Å². The molecule has 24 heavy (non-hydrogen) atoms. The molecule has 0 atom stereocenters. The van der Waals surface area contributed by atoms with Gasteiger partial charge in [0.2, 0.25) is 0 Å². The number of aromatic amines is 2. The van der Waals surface area contributed by atoms with Gasteiger partial charge in [-0.05, 0) is 30.3 Å². The molecule has 0 fully saturated rings. The van der Waals surface area contributed by atoms with E-state index in [1.807, 2.05) is 24.3 Å². The zero-order chi connectivity index (χ0) is 16.5. The summed E-state index contributed by atoms with van der Waals surface area (Å²) in [5.74, 6) is 0. The molecule has 2 aromatic heterocycles. The molecule has 3 N–H and O–H groups in total. The molecule has 7 nitrogen and oxygen atoms in total. The Balaban J connectivity index is 1.66. The van der Waals surface area contributed by atoms with E-state index in [4.69, 9.17) is 0 Å². The van der Waals surface area contributed by atoms with Gasteiger partial charge in [0.1, 0.15) is 6.07 Å². The highest BCUT2D eigenvalue weighted by atomic mass is 32.1. The van der Waals surface area contributed by atoms with Crippen molar-refractivity contribution in [2.24, 2.45) is 5.10 Å². The predicted molar refractivity (Wildman–Crippen MR) is 94.3 cm³/mol. The van der Waals surface area contributed by atoms with E-state index >= 15 is 0 Å². The number of nitriles is 1.